The number of aryl methyl sites for hydroxylation is 1. The Balaban J connectivity index is 1.59. The number of hydrogen-bond donors (Lipinski definition) is 1. The molecule has 4 rings (SSSR count). The maximum atomic E-state index is 12.9. The van der Waals surface area contributed by atoms with Crippen molar-refractivity contribution >= 4 is 28.3 Å². The van der Waals surface area contributed by atoms with Crippen molar-refractivity contribution in [2.75, 3.05) is 18.5 Å². The topological polar surface area (TPSA) is 93.4 Å². The number of hydrogen-bond acceptors (Lipinski definition) is 5. The molecule has 0 saturated heterocycles. The first-order valence-corrected chi connectivity index (χ1v) is 8.77. The van der Waals surface area contributed by atoms with Gasteiger partial charge in [0.2, 0.25) is 5.91 Å². The molecule has 0 aliphatic carbocycles. The van der Waals surface area contributed by atoms with Crippen LogP contribution in [-0.4, -0.2) is 29.5 Å². The minimum Gasteiger partial charge on any atom is -0.486 e. The number of carbonyl (C=O) groups is 2. The highest BCUT2D eigenvalue weighted by molar-refractivity contribution is 6.19. The molecule has 0 bridgehead atoms. The van der Waals surface area contributed by atoms with Crippen LogP contribution in [0.5, 0.6) is 11.5 Å². The van der Waals surface area contributed by atoms with Crippen molar-refractivity contribution in [3.63, 3.8) is 0 Å². The summed E-state index contributed by atoms with van der Waals surface area (Å²) < 4.78 is 12.7. The van der Waals surface area contributed by atoms with Crippen molar-refractivity contribution in [1.82, 2.24) is 4.57 Å². The van der Waals surface area contributed by atoms with Crippen LogP contribution < -0.4 is 14.8 Å². The molecule has 2 heterocycles. The Hall–Kier alpha value is -3.79. The maximum absolute atomic E-state index is 12.9. The second-order valence-electron chi connectivity index (χ2n) is 6.44. The van der Waals surface area contributed by atoms with Gasteiger partial charge in [0.1, 0.15) is 13.2 Å². The molecule has 7 nitrogen and oxygen atoms in total. The highest BCUT2D eigenvalue weighted by Gasteiger charge is 2.30. The predicted octanol–water partition coefficient (Wildman–Crippen LogP) is 2.91. The average Bonchev–Trinajstić information content (AvgIpc) is 3.05. The number of aromatic nitrogens is 1. The summed E-state index contributed by atoms with van der Waals surface area (Å²) in [4.78, 5) is 25.6. The normalized spacial score (nSPS) is 13.6. The second kappa shape index (κ2) is 7.08. The monoisotopic (exact) mass is 375 g/mol. The number of ketones is 1. The van der Waals surface area contributed by atoms with Crippen LogP contribution in [0.15, 0.2) is 48.7 Å². The Morgan fingerprint density at radius 3 is 2.68 bits per heavy atom. The molecule has 0 radical (unpaired) electrons. The number of para-hydroxylation sites is 1. The van der Waals surface area contributed by atoms with Crippen molar-refractivity contribution in [3.8, 4) is 17.6 Å². The Labute approximate surface area is 161 Å². The quantitative estimate of drug-likeness (QED) is 0.559. The minimum atomic E-state index is -1.46. The van der Waals surface area contributed by atoms with E-state index in [1.165, 1.54) is 0 Å². The predicted molar refractivity (Wildman–Crippen MR) is 102 cm³/mol. The van der Waals surface area contributed by atoms with E-state index in [0.29, 0.717) is 41.3 Å². The smallest absolute Gasteiger partial charge is 0.249 e. The molecule has 1 N–H and O–H groups in total. The van der Waals surface area contributed by atoms with Crippen molar-refractivity contribution < 1.29 is 19.1 Å². The number of Topliss-reactive ketones (excluding diaryl/α,β-unsaturated/α-hetero) is 1. The van der Waals surface area contributed by atoms with Crippen molar-refractivity contribution in [1.29, 1.82) is 5.26 Å². The molecular weight excluding hydrogens is 358 g/mol. The molecule has 2 aromatic carbocycles. The van der Waals surface area contributed by atoms with Crippen LogP contribution in [0.4, 0.5) is 5.69 Å². The van der Waals surface area contributed by atoms with Crippen LogP contribution >= 0.6 is 0 Å². The van der Waals surface area contributed by atoms with E-state index in [0.717, 1.165) is 5.52 Å². The van der Waals surface area contributed by atoms with E-state index in [4.69, 9.17) is 9.47 Å². The molecule has 1 aromatic heterocycles. The fraction of sp³-hybridized carbons (Fsp3) is 0.190. The lowest BCUT2D eigenvalue weighted by atomic mass is 9.97. The van der Waals surface area contributed by atoms with Crippen LogP contribution in [-0.2, 0) is 11.8 Å². The minimum absolute atomic E-state index is 0.349. The van der Waals surface area contributed by atoms with Gasteiger partial charge in [-0.3, -0.25) is 9.59 Å². The molecule has 3 aromatic rings. The number of rotatable bonds is 4. The summed E-state index contributed by atoms with van der Waals surface area (Å²) in [6.07, 6.45) is 1.65. The SMILES string of the molecule is Cn1cc(C(=O)[C@@H](C#N)C(=O)Nc2ccc3c(c2)OCCO3)c2ccccc21. The molecule has 1 atom stereocenters. The largest absolute Gasteiger partial charge is 0.486 e. The van der Waals surface area contributed by atoms with Crippen molar-refractivity contribution in [2.24, 2.45) is 13.0 Å². The molecule has 7 heteroatoms. The molecule has 0 unspecified atom stereocenters. The van der Waals surface area contributed by atoms with Crippen LogP contribution in [0.25, 0.3) is 10.9 Å². The number of fused-ring (bicyclic) bond motifs is 2. The third kappa shape index (κ3) is 3.05. The molecule has 0 saturated carbocycles. The first-order valence-electron chi connectivity index (χ1n) is 8.77. The molecule has 0 fully saturated rings. The van der Waals surface area contributed by atoms with E-state index in [1.807, 2.05) is 31.3 Å². The number of nitrogens with zero attached hydrogens (tertiary/aromatic N) is 2. The fourth-order valence-electron chi connectivity index (χ4n) is 3.27. The highest BCUT2D eigenvalue weighted by atomic mass is 16.6. The summed E-state index contributed by atoms with van der Waals surface area (Å²) in [6, 6.07) is 14.1. The van der Waals surface area contributed by atoms with Gasteiger partial charge in [0.25, 0.3) is 0 Å². The standard InChI is InChI=1S/C21H17N3O4/c1-24-12-16(14-4-2-3-5-17(14)24)20(25)15(11-22)21(26)23-13-6-7-18-19(10-13)28-9-8-27-18/h2-7,10,12,15H,8-9H2,1H3,(H,23,26)/t15-/m1/s1. The molecule has 1 aliphatic heterocycles. The number of benzene rings is 2. The molecule has 140 valence electrons. The Morgan fingerprint density at radius 1 is 1.14 bits per heavy atom. The van der Waals surface area contributed by atoms with E-state index in [2.05, 4.69) is 5.32 Å². The van der Waals surface area contributed by atoms with Gasteiger partial charge in [-0.15, -0.1) is 0 Å². The number of amides is 1. The molecule has 0 spiro atoms. The maximum Gasteiger partial charge on any atom is 0.249 e. The zero-order valence-corrected chi connectivity index (χ0v) is 15.1. The zero-order valence-electron chi connectivity index (χ0n) is 15.1. The first kappa shape index (κ1) is 17.6. The zero-order chi connectivity index (χ0) is 19.7. The van der Waals surface area contributed by atoms with Gasteiger partial charge in [-0.25, -0.2) is 0 Å². The van der Waals surface area contributed by atoms with Gasteiger partial charge in [0.15, 0.2) is 23.2 Å². The summed E-state index contributed by atoms with van der Waals surface area (Å²) in [5.41, 5.74) is 1.64. The lowest BCUT2D eigenvalue weighted by Crippen LogP contribution is -2.28. The molecular formula is C21H17N3O4. The van der Waals surface area contributed by atoms with E-state index in [9.17, 15) is 14.9 Å². The first-order chi connectivity index (χ1) is 13.6. The van der Waals surface area contributed by atoms with Gasteiger partial charge in [0, 0.05) is 41.5 Å². The Morgan fingerprint density at radius 2 is 1.89 bits per heavy atom. The average molecular weight is 375 g/mol. The number of anilines is 1. The molecule has 28 heavy (non-hydrogen) atoms. The second-order valence-corrected chi connectivity index (χ2v) is 6.44. The number of carbonyl (C=O) groups excluding carboxylic acids is 2. The Bertz CT molecular complexity index is 1130. The third-order valence-electron chi connectivity index (χ3n) is 4.63. The van der Waals surface area contributed by atoms with Gasteiger partial charge in [-0.05, 0) is 18.2 Å². The Kier molecular flexibility index (Phi) is 4.45. The van der Waals surface area contributed by atoms with Crippen molar-refractivity contribution in [2.45, 2.75) is 0 Å². The lowest BCUT2D eigenvalue weighted by Gasteiger charge is -2.19. The number of ether oxygens (including phenoxy) is 2. The van der Waals surface area contributed by atoms with Crippen LogP contribution in [0, 0.1) is 17.2 Å². The molecule has 1 aliphatic rings. The summed E-state index contributed by atoms with van der Waals surface area (Å²) >= 11 is 0. The van der Waals surface area contributed by atoms with E-state index < -0.39 is 17.6 Å². The van der Waals surface area contributed by atoms with Gasteiger partial charge in [-0.2, -0.15) is 5.26 Å². The molecule has 1 amide bonds. The number of nitrogens with one attached hydrogen (secondary N) is 1. The van der Waals surface area contributed by atoms with Gasteiger partial charge < -0.3 is 19.4 Å². The van der Waals surface area contributed by atoms with Crippen LogP contribution in [0.2, 0.25) is 0 Å². The van der Waals surface area contributed by atoms with Crippen molar-refractivity contribution in [3.05, 3.63) is 54.2 Å². The fourth-order valence-corrected chi connectivity index (χ4v) is 3.27. The summed E-state index contributed by atoms with van der Waals surface area (Å²) in [7, 11) is 1.82. The summed E-state index contributed by atoms with van der Waals surface area (Å²) in [5, 5.41) is 12.8. The summed E-state index contributed by atoms with van der Waals surface area (Å²) in [5.74, 6) is -1.57. The van der Waals surface area contributed by atoms with Gasteiger partial charge in [-0.1, -0.05) is 18.2 Å². The van der Waals surface area contributed by atoms with Gasteiger partial charge in [0.05, 0.1) is 6.07 Å². The number of nitriles is 1. The van der Waals surface area contributed by atoms with E-state index in [-0.39, 0.29) is 0 Å². The van der Waals surface area contributed by atoms with Gasteiger partial charge >= 0.3 is 0 Å². The highest BCUT2D eigenvalue weighted by Crippen LogP contribution is 2.33. The van der Waals surface area contributed by atoms with E-state index in [1.54, 1.807) is 35.0 Å². The van der Waals surface area contributed by atoms with E-state index >= 15 is 0 Å². The summed E-state index contributed by atoms with van der Waals surface area (Å²) in [6.45, 7) is 0.888. The van der Waals surface area contributed by atoms with Crippen LogP contribution in [0.1, 0.15) is 10.4 Å². The van der Waals surface area contributed by atoms with Crippen LogP contribution in [0.3, 0.4) is 0 Å². The lowest BCUT2D eigenvalue weighted by molar-refractivity contribution is -0.117. The third-order valence-corrected chi connectivity index (χ3v) is 4.63.